The van der Waals surface area contributed by atoms with Gasteiger partial charge in [0.1, 0.15) is 5.01 Å². The largest absolute Gasteiger partial charge is 0.395 e. The molecule has 0 spiro atoms. The van der Waals surface area contributed by atoms with E-state index in [0.29, 0.717) is 6.54 Å². The molecule has 0 amide bonds. The van der Waals surface area contributed by atoms with E-state index in [-0.39, 0.29) is 12.6 Å². The van der Waals surface area contributed by atoms with E-state index in [1.807, 2.05) is 12.1 Å². The number of nitrogens with one attached hydrogen (secondary N) is 1. The maximum atomic E-state index is 8.79. The van der Waals surface area contributed by atoms with Crippen LogP contribution in [0.3, 0.4) is 0 Å². The summed E-state index contributed by atoms with van der Waals surface area (Å²) < 4.78 is 1.07. The number of halogens is 1. The lowest BCUT2D eigenvalue weighted by Crippen LogP contribution is -2.21. The number of hydrogen-bond acceptors (Lipinski definition) is 4. The molecule has 1 heterocycles. The van der Waals surface area contributed by atoms with Gasteiger partial charge in [0.25, 0.3) is 0 Å². The quantitative estimate of drug-likeness (QED) is 0.886. The van der Waals surface area contributed by atoms with Crippen LogP contribution in [-0.4, -0.2) is 23.2 Å². The van der Waals surface area contributed by atoms with Crippen LogP contribution in [0.25, 0.3) is 11.3 Å². The zero-order chi connectivity index (χ0) is 13.0. The minimum absolute atomic E-state index is 0.148. The van der Waals surface area contributed by atoms with E-state index in [1.54, 1.807) is 11.3 Å². The van der Waals surface area contributed by atoms with Crippen molar-refractivity contribution in [3.05, 3.63) is 39.1 Å². The van der Waals surface area contributed by atoms with E-state index in [4.69, 9.17) is 5.11 Å². The molecule has 0 bridgehead atoms. The normalized spacial score (nSPS) is 12.6. The van der Waals surface area contributed by atoms with Crippen molar-refractivity contribution in [2.45, 2.75) is 13.0 Å². The molecule has 1 aromatic carbocycles. The highest BCUT2D eigenvalue weighted by molar-refractivity contribution is 9.10. The topological polar surface area (TPSA) is 45.1 Å². The molecule has 18 heavy (non-hydrogen) atoms. The van der Waals surface area contributed by atoms with E-state index in [2.05, 4.69) is 50.7 Å². The van der Waals surface area contributed by atoms with Gasteiger partial charge in [-0.25, -0.2) is 4.98 Å². The fourth-order valence-electron chi connectivity index (χ4n) is 1.61. The Morgan fingerprint density at radius 2 is 2.11 bits per heavy atom. The van der Waals surface area contributed by atoms with Crippen molar-refractivity contribution in [2.24, 2.45) is 0 Å². The van der Waals surface area contributed by atoms with E-state index >= 15 is 0 Å². The molecular formula is C13H15BrN2OS. The molecule has 0 aliphatic carbocycles. The first-order valence-corrected chi connectivity index (χ1v) is 7.43. The number of aliphatic hydroxyl groups is 1. The van der Waals surface area contributed by atoms with E-state index in [0.717, 1.165) is 20.7 Å². The molecule has 5 heteroatoms. The Labute approximate surface area is 119 Å². The van der Waals surface area contributed by atoms with Gasteiger partial charge in [-0.2, -0.15) is 0 Å². The number of aromatic nitrogens is 1. The van der Waals surface area contributed by atoms with E-state index in [9.17, 15) is 0 Å². The van der Waals surface area contributed by atoms with Crippen LogP contribution >= 0.6 is 27.3 Å². The van der Waals surface area contributed by atoms with Crippen molar-refractivity contribution < 1.29 is 5.11 Å². The van der Waals surface area contributed by atoms with Crippen molar-refractivity contribution in [3.63, 3.8) is 0 Å². The Hall–Kier alpha value is -0.750. The first-order valence-electron chi connectivity index (χ1n) is 5.76. The zero-order valence-electron chi connectivity index (χ0n) is 10.1. The standard InChI is InChI=1S/C13H15BrN2OS/c1-9(15-6-7-17)13-16-12(8-18-13)10-2-4-11(14)5-3-10/h2-5,8-9,15,17H,6-7H2,1H3. The molecule has 0 radical (unpaired) electrons. The minimum Gasteiger partial charge on any atom is -0.395 e. The first kappa shape index (κ1) is 13.7. The predicted octanol–water partition coefficient (Wildman–Crippen LogP) is 3.22. The molecule has 1 unspecified atom stereocenters. The van der Waals surface area contributed by atoms with Crippen LogP contribution in [0.4, 0.5) is 0 Å². The highest BCUT2D eigenvalue weighted by Crippen LogP contribution is 2.26. The Balaban J connectivity index is 2.12. The second-order valence-corrected chi connectivity index (χ2v) is 5.78. The van der Waals surface area contributed by atoms with Crippen LogP contribution < -0.4 is 5.32 Å². The fraction of sp³-hybridized carbons (Fsp3) is 0.308. The van der Waals surface area contributed by atoms with Gasteiger partial charge in [-0.1, -0.05) is 28.1 Å². The molecular weight excluding hydrogens is 312 g/mol. The summed E-state index contributed by atoms with van der Waals surface area (Å²) in [7, 11) is 0. The number of thiazole rings is 1. The van der Waals surface area contributed by atoms with Gasteiger partial charge < -0.3 is 10.4 Å². The van der Waals surface area contributed by atoms with Crippen molar-refractivity contribution >= 4 is 27.3 Å². The zero-order valence-corrected chi connectivity index (χ0v) is 12.5. The van der Waals surface area contributed by atoms with Crippen LogP contribution in [0.15, 0.2) is 34.1 Å². The molecule has 0 saturated heterocycles. The molecule has 1 aromatic heterocycles. The Morgan fingerprint density at radius 1 is 1.39 bits per heavy atom. The monoisotopic (exact) mass is 326 g/mol. The second-order valence-electron chi connectivity index (χ2n) is 3.98. The third-order valence-corrected chi connectivity index (χ3v) is 4.15. The smallest absolute Gasteiger partial charge is 0.110 e. The number of nitrogens with zero attached hydrogens (tertiary/aromatic N) is 1. The molecule has 0 saturated carbocycles. The summed E-state index contributed by atoms with van der Waals surface area (Å²) in [6.07, 6.45) is 0. The van der Waals surface area contributed by atoms with Gasteiger partial charge in [-0.05, 0) is 19.1 Å². The van der Waals surface area contributed by atoms with Crippen LogP contribution in [0.2, 0.25) is 0 Å². The molecule has 0 fully saturated rings. The maximum Gasteiger partial charge on any atom is 0.110 e. The summed E-state index contributed by atoms with van der Waals surface area (Å²) in [5.41, 5.74) is 2.12. The van der Waals surface area contributed by atoms with Gasteiger partial charge >= 0.3 is 0 Å². The Morgan fingerprint density at radius 3 is 2.78 bits per heavy atom. The van der Waals surface area contributed by atoms with Crippen LogP contribution in [0.5, 0.6) is 0 Å². The van der Waals surface area contributed by atoms with Gasteiger partial charge in [-0.3, -0.25) is 0 Å². The predicted molar refractivity (Wildman–Crippen MR) is 78.8 cm³/mol. The number of benzene rings is 1. The maximum absolute atomic E-state index is 8.79. The summed E-state index contributed by atoms with van der Waals surface area (Å²) in [5, 5.41) is 15.1. The number of hydrogen-bond donors (Lipinski definition) is 2. The second kappa shape index (κ2) is 6.43. The van der Waals surface area contributed by atoms with Gasteiger partial charge in [0, 0.05) is 22.0 Å². The van der Waals surface area contributed by atoms with Crippen molar-refractivity contribution in [3.8, 4) is 11.3 Å². The third kappa shape index (κ3) is 3.38. The van der Waals surface area contributed by atoms with Crippen molar-refractivity contribution in [1.29, 1.82) is 0 Å². The van der Waals surface area contributed by atoms with Crippen LogP contribution in [-0.2, 0) is 0 Å². The summed E-state index contributed by atoms with van der Waals surface area (Å²) in [4.78, 5) is 4.62. The van der Waals surface area contributed by atoms with Crippen molar-refractivity contribution in [2.75, 3.05) is 13.2 Å². The highest BCUT2D eigenvalue weighted by atomic mass is 79.9. The summed E-state index contributed by atoms with van der Waals surface area (Å²) >= 11 is 5.06. The van der Waals surface area contributed by atoms with Crippen LogP contribution in [0.1, 0.15) is 18.0 Å². The average molecular weight is 327 g/mol. The molecule has 1 atom stereocenters. The summed E-state index contributed by atoms with van der Waals surface area (Å²) in [6.45, 7) is 2.80. The third-order valence-electron chi connectivity index (χ3n) is 2.59. The molecule has 2 aromatic rings. The molecule has 0 aliphatic heterocycles. The first-order chi connectivity index (χ1) is 8.70. The lowest BCUT2D eigenvalue weighted by Gasteiger charge is -2.08. The molecule has 2 rings (SSSR count). The molecule has 0 aliphatic rings. The Bertz CT molecular complexity index is 498. The number of rotatable bonds is 5. The van der Waals surface area contributed by atoms with Gasteiger partial charge in [0.15, 0.2) is 0 Å². The van der Waals surface area contributed by atoms with Gasteiger partial charge in [0.05, 0.1) is 18.3 Å². The summed E-state index contributed by atoms with van der Waals surface area (Å²) in [6, 6.07) is 8.30. The van der Waals surface area contributed by atoms with E-state index in [1.165, 1.54) is 0 Å². The average Bonchev–Trinajstić information content (AvgIpc) is 2.86. The molecule has 2 N–H and O–H groups in total. The summed E-state index contributed by atoms with van der Waals surface area (Å²) in [5.74, 6) is 0. The van der Waals surface area contributed by atoms with Gasteiger partial charge in [-0.15, -0.1) is 11.3 Å². The SMILES string of the molecule is CC(NCCO)c1nc(-c2ccc(Br)cc2)cs1. The highest BCUT2D eigenvalue weighted by Gasteiger charge is 2.10. The lowest BCUT2D eigenvalue weighted by molar-refractivity contribution is 0.286. The lowest BCUT2D eigenvalue weighted by atomic mass is 10.2. The molecule has 3 nitrogen and oxygen atoms in total. The molecule has 96 valence electrons. The van der Waals surface area contributed by atoms with Gasteiger partial charge in [0.2, 0.25) is 0 Å². The minimum atomic E-state index is 0.148. The van der Waals surface area contributed by atoms with E-state index < -0.39 is 0 Å². The van der Waals surface area contributed by atoms with Crippen LogP contribution in [0, 0.1) is 0 Å². The fourth-order valence-corrected chi connectivity index (χ4v) is 2.73. The Kier molecular flexibility index (Phi) is 4.88. The number of aliphatic hydroxyl groups excluding tert-OH is 1. The van der Waals surface area contributed by atoms with Crippen molar-refractivity contribution in [1.82, 2.24) is 10.3 Å².